The van der Waals surface area contributed by atoms with E-state index in [1.165, 1.54) is 11.5 Å². The number of carbonyl (C=O) groups is 1. The highest BCUT2D eigenvalue weighted by molar-refractivity contribution is 7.13. The molecule has 4 heterocycles. The van der Waals surface area contributed by atoms with E-state index in [1.807, 2.05) is 0 Å². The van der Waals surface area contributed by atoms with E-state index >= 15 is 0 Å². The Bertz CT molecular complexity index is 736. The van der Waals surface area contributed by atoms with Gasteiger partial charge >= 0.3 is 0 Å². The number of phenols is 1. The maximum absolute atomic E-state index is 12.6. The van der Waals surface area contributed by atoms with E-state index in [9.17, 15) is 9.90 Å². The van der Waals surface area contributed by atoms with E-state index in [0.29, 0.717) is 11.1 Å². The lowest BCUT2D eigenvalue weighted by molar-refractivity contribution is 0.0447. The summed E-state index contributed by atoms with van der Waals surface area (Å²) < 4.78 is 5.14. The van der Waals surface area contributed by atoms with Crippen molar-refractivity contribution in [1.29, 1.82) is 0 Å². The number of nitrogens with one attached hydrogen (secondary N) is 1. The summed E-state index contributed by atoms with van der Waals surface area (Å²) in [6.07, 6.45) is 1.83. The number of aromatic nitrogens is 1. The molecule has 3 fully saturated rings. The fourth-order valence-electron chi connectivity index (χ4n) is 3.45. The number of nitrogens with zero attached hydrogens (tertiary/aromatic N) is 2. The molecule has 0 aliphatic carbocycles. The van der Waals surface area contributed by atoms with E-state index in [0.717, 1.165) is 37.2 Å². The highest BCUT2D eigenvalue weighted by atomic mass is 32.1. The number of rotatable bonds is 2. The molecule has 2 aromatic rings. The summed E-state index contributed by atoms with van der Waals surface area (Å²) in [6, 6.07) is 4.92. The van der Waals surface area contributed by atoms with Gasteiger partial charge in [0, 0.05) is 30.6 Å². The molecule has 5 rings (SSSR count). The average Bonchev–Trinajstić information content (AvgIpc) is 2.91. The predicted molar refractivity (Wildman–Crippen MR) is 85.1 cm³/mol. The Kier molecular flexibility index (Phi) is 3.11. The molecular weight excluding hydrogens is 300 g/mol. The minimum Gasteiger partial charge on any atom is -0.508 e. The largest absolute Gasteiger partial charge is 0.508 e. The average molecular weight is 318 g/mol. The van der Waals surface area contributed by atoms with Gasteiger partial charge in [-0.1, -0.05) is 0 Å². The summed E-state index contributed by atoms with van der Waals surface area (Å²) in [5.74, 6) is -0.0692. The van der Waals surface area contributed by atoms with E-state index in [-0.39, 0.29) is 23.2 Å². The van der Waals surface area contributed by atoms with Crippen LogP contribution in [0, 0.1) is 0 Å². The maximum atomic E-state index is 12.6. The van der Waals surface area contributed by atoms with Crippen LogP contribution >= 0.6 is 11.5 Å². The topological polar surface area (TPSA) is 91.5 Å². The van der Waals surface area contributed by atoms with Gasteiger partial charge in [0.1, 0.15) is 11.4 Å². The second-order valence-corrected chi connectivity index (χ2v) is 7.08. The van der Waals surface area contributed by atoms with Gasteiger partial charge in [0.2, 0.25) is 0 Å². The van der Waals surface area contributed by atoms with Crippen LogP contribution in [-0.4, -0.2) is 51.5 Å². The Hall–Kier alpha value is -1.70. The minimum absolute atomic E-state index is 0.0449. The maximum Gasteiger partial charge on any atom is 0.271 e. The van der Waals surface area contributed by atoms with Gasteiger partial charge in [-0.15, -0.1) is 0 Å². The third kappa shape index (κ3) is 2.16. The summed E-state index contributed by atoms with van der Waals surface area (Å²) in [7, 11) is 0. The zero-order chi connectivity index (χ0) is 15.3. The standard InChI is InChI=1S/C15H18N4O2S/c16-15-3-5-19(6-4-15)8-12(15)17-14(21)13-10-7-9(20)1-2-11(10)22-18-13/h1-2,7,12,20H,3-6,8,16H2,(H,17,21)/t12-/m1/s1. The number of piperidine rings is 3. The number of benzene rings is 1. The molecule has 1 aromatic carbocycles. The first-order chi connectivity index (χ1) is 10.5. The van der Waals surface area contributed by atoms with Crippen LogP contribution < -0.4 is 11.1 Å². The van der Waals surface area contributed by atoms with Crippen molar-refractivity contribution < 1.29 is 9.90 Å². The van der Waals surface area contributed by atoms with Gasteiger partial charge in [-0.3, -0.25) is 4.79 Å². The Morgan fingerprint density at radius 1 is 1.45 bits per heavy atom. The summed E-state index contributed by atoms with van der Waals surface area (Å²) in [5, 5.41) is 13.4. The lowest BCUT2D eigenvalue weighted by Gasteiger charge is -2.51. The zero-order valence-corrected chi connectivity index (χ0v) is 12.9. The second kappa shape index (κ2) is 4.91. The van der Waals surface area contributed by atoms with Crippen molar-refractivity contribution in [1.82, 2.24) is 14.6 Å². The van der Waals surface area contributed by atoms with Crippen molar-refractivity contribution in [2.75, 3.05) is 19.6 Å². The molecule has 1 aromatic heterocycles. The number of fused-ring (bicyclic) bond motifs is 4. The monoisotopic (exact) mass is 318 g/mol. The van der Waals surface area contributed by atoms with Gasteiger partial charge in [-0.2, -0.15) is 4.37 Å². The van der Waals surface area contributed by atoms with Crippen LogP contribution in [0.5, 0.6) is 5.75 Å². The van der Waals surface area contributed by atoms with Crippen molar-refractivity contribution in [3.05, 3.63) is 23.9 Å². The molecule has 116 valence electrons. The van der Waals surface area contributed by atoms with Crippen molar-refractivity contribution in [3.63, 3.8) is 0 Å². The SMILES string of the molecule is NC12CCN(CC1)C[C@H]2NC(=O)c1nsc2ccc(O)cc12. The van der Waals surface area contributed by atoms with Crippen molar-refractivity contribution in [2.24, 2.45) is 5.73 Å². The number of aromatic hydroxyl groups is 1. The summed E-state index contributed by atoms with van der Waals surface area (Å²) in [6.45, 7) is 2.82. The van der Waals surface area contributed by atoms with Gasteiger partial charge < -0.3 is 21.1 Å². The normalized spacial score (nSPS) is 30.6. The van der Waals surface area contributed by atoms with Gasteiger partial charge in [0.05, 0.1) is 10.7 Å². The van der Waals surface area contributed by atoms with Gasteiger partial charge in [-0.05, 0) is 42.6 Å². The molecule has 3 aliphatic rings. The molecule has 6 nitrogen and oxygen atoms in total. The lowest BCUT2D eigenvalue weighted by atomic mass is 9.77. The van der Waals surface area contributed by atoms with Crippen LogP contribution in [0.25, 0.3) is 10.1 Å². The molecule has 3 aliphatic heterocycles. The van der Waals surface area contributed by atoms with E-state index in [4.69, 9.17) is 5.73 Å². The molecule has 2 bridgehead atoms. The van der Waals surface area contributed by atoms with Crippen LogP contribution in [0.4, 0.5) is 0 Å². The molecule has 0 spiro atoms. The molecule has 0 radical (unpaired) electrons. The second-order valence-electron chi connectivity index (χ2n) is 6.27. The Balaban J connectivity index is 1.60. The molecule has 1 amide bonds. The first kappa shape index (κ1) is 13.9. The Morgan fingerprint density at radius 2 is 2.23 bits per heavy atom. The Morgan fingerprint density at radius 3 is 2.95 bits per heavy atom. The lowest BCUT2D eigenvalue weighted by Crippen LogP contribution is -2.71. The van der Waals surface area contributed by atoms with Crippen molar-refractivity contribution in [2.45, 2.75) is 24.4 Å². The minimum atomic E-state index is -0.307. The summed E-state index contributed by atoms with van der Waals surface area (Å²) in [4.78, 5) is 14.9. The first-order valence-corrected chi connectivity index (χ1v) is 8.23. The molecule has 1 atom stereocenters. The van der Waals surface area contributed by atoms with Crippen LogP contribution in [0.15, 0.2) is 18.2 Å². The number of hydrogen-bond acceptors (Lipinski definition) is 6. The third-order valence-corrected chi connectivity index (χ3v) is 5.72. The van der Waals surface area contributed by atoms with Gasteiger partial charge in [0.15, 0.2) is 0 Å². The molecule has 7 heteroatoms. The van der Waals surface area contributed by atoms with Crippen LogP contribution in [0.2, 0.25) is 0 Å². The number of hydrogen-bond donors (Lipinski definition) is 3. The third-order valence-electron chi connectivity index (χ3n) is 4.90. The fraction of sp³-hybridized carbons (Fsp3) is 0.467. The molecule has 3 saturated heterocycles. The molecule has 22 heavy (non-hydrogen) atoms. The molecule has 0 unspecified atom stereocenters. The van der Waals surface area contributed by atoms with E-state index in [2.05, 4.69) is 14.6 Å². The predicted octanol–water partition coefficient (Wildman–Crippen LogP) is 0.907. The quantitative estimate of drug-likeness (QED) is 0.765. The molecular formula is C15H18N4O2S. The van der Waals surface area contributed by atoms with E-state index in [1.54, 1.807) is 18.2 Å². The smallest absolute Gasteiger partial charge is 0.271 e. The van der Waals surface area contributed by atoms with Crippen LogP contribution in [0.3, 0.4) is 0 Å². The number of carbonyl (C=O) groups excluding carboxylic acids is 1. The highest BCUT2D eigenvalue weighted by Crippen LogP contribution is 2.31. The fourth-order valence-corrected chi connectivity index (χ4v) is 4.20. The first-order valence-electron chi connectivity index (χ1n) is 7.46. The Labute approximate surface area is 132 Å². The number of amides is 1. The van der Waals surface area contributed by atoms with Crippen molar-refractivity contribution in [3.8, 4) is 5.75 Å². The zero-order valence-electron chi connectivity index (χ0n) is 12.1. The summed E-state index contributed by atoms with van der Waals surface area (Å²) >= 11 is 1.26. The van der Waals surface area contributed by atoms with Gasteiger partial charge in [0.25, 0.3) is 5.91 Å². The van der Waals surface area contributed by atoms with Gasteiger partial charge in [-0.25, -0.2) is 0 Å². The van der Waals surface area contributed by atoms with Crippen LogP contribution in [0.1, 0.15) is 23.3 Å². The van der Waals surface area contributed by atoms with Crippen molar-refractivity contribution >= 4 is 27.5 Å². The summed E-state index contributed by atoms with van der Waals surface area (Å²) in [5.41, 5.74) is 6.54. The molecule has 0 saturated carbocycles. The van der Waals surface area contributed by atoms with Crippen LogP contribution in [-0.2, 0) is 0 Å². The molecule has 4 N–H and O–H groups in total. The van der Waals surface area contributed by atoms with E-state index < -0.39 is 0 Å². The number of nitrogens with two attached hydrogens (primary N) is 1. The highest BCUT2D eigenvalue weighted by Gasteiger charge is 2.45. The number of phenolic OH excluding ortho intramolecular Hbond substituents is 1.